The summed E-state index contributed by atoms with van der Waals surface area (Å²) in [5, 5.41) is 0. The summed E-state index contributed by atoms with van der Waals surface area (Å²) in [7, 11) is 0. The van der Waals surface area contributed by atoms with E-state index in [1.807, 2.05) is 0 Å². The third-order valence-corrected chi connectivity index (χ3v) is 2.39. The minimum absolute atomic E-state index is 0.261. The van der Waals surface area contributed by atoms with E-state index in [2.05, 4.69) is 0 Å². The van der Waals surface area contributed by atoms with E-state index in [0.717, 1.165) is 6.07 Å². The van der Waals surface area contributed by atoms with Gasteiger partial charge in [-0.1, -0.05) is 6.07 Å². The molecule has 2 rings (SSSR count). The largest absolute Gasteiger partial charge is 0.276 e. The van der Waals surface area contributed by atoms with Gasteiger partial charge in [0.15, 0.2) is 0 Å². The first-order chi connectivity index (χ1) is 6.00. The van der Waals surface area contributed by atoms with E-state index in [9.17, 15) is 13.2 Å². The predicted octanol–water partition coefficient (Wildman–Crippen LogP) is 3.17. The Hall–Kier alpha value is -0.990. The minimum atomic E-state index is -2.97. The third-order valence-electron chi connectivity index (χ3n) is 2.39. The SMILES string of the molecule is Cc1cc(F)c2c(c1)CCC2(F)F. The van der Waals surface area contributed by atoms with E-state index in [4.69, 9.17) is 0 Å². The highest BCUT2D eigenvalue weighted by molar-refractivity contribution is 5.39. The molecule has 0 radical (unpaired) electrons. The molecule has 0 nitrogen and oxygen atoms in total. The van der Waals surface area contributed by atoms with Gasteiger partial charge in [0.1, 0.15) is 5.82 Å². The molecule has 0 spiro atoms. The second-order valence-corrected chi connectivity index (χ2v) is 3.49. The molecule has 13 heavy (non-hydrogen) atoms. The van der Waals surface area contributed by atoms with Crippen molar-refractivity contribution in [3.63, 3.8) is 0 Å². The lowest BCUT2D eigenvalue weighted by Crippen LogP contribution is -2.10. The van der Waals surface area contributed by atoms with Crippen molar-refractivity contribution in [2.24, 2.45) is 0 Å². The van der Waals surface area contributed by atoms with Gasteiger partial charge in [0.2, 0.25) is 0 Å². The Balaban J connectivity index is 2.65. The number of benzene rings is 1. The molecular formula is C10H9F3. The quantitative estimate of drug-likeness (QED) is 0.583. The fraction of sp³-hybridized carbons (Fsp3) is 0.400. The van der Waals surface area contributed by atoms with E-state index in [1.54, 1.807) is 13.0 Å². The summed E-state index contributed by atoms with van der Waals surface area (Å²) in [4.78, 5) is 0. The van der Waals surface area contributed by atoms with Crippen LogP contribution in [0.5, 0.6) is 0 Å². The summed E-state index contributed by atoms with van der Waals surface area (Å²) in [6, 6.07) is 2.80. The van der Waals surface area contributed by atoms with Gasteiger partial charge in [-0.15, -0.1) is 0 Å². The lowest BCUT2D eigenvalue weighted by atomic mass is 10.1. The fourth-order valence-corrected chi connectivity index (χ4v) is 1.84. The maximum Gasteiger partial charge on any atom is 0.276 e. The van der Waals surface area contributed by atoms with Crippen molar-refractivity contribution < 1.29 is 13.2 Å². The Labute approximate surface area is 74.4 Å². The summed E-state index contributed by atoms with van der Waals surface area (Å²) in [5.74, 6) is -3.73. The topological polar surface area (TPSA) is 0 Å². The molecule has 0 N–H and O–H groups in total. The molecular weight excluding hydrogens is 177 g/mol. The molecule has 0 saturated carbocycles. The van der Waals surface area contributed by atoms with Crippen LogP contribution in [0, 0.1) is 12.7 Å². The van der Waals surface area contributed by atoms with Crippen LogP contribution in [0.2, 0.25) is 0 Å². The van der Waals surface area contributed by atoms with Gasteiger partial charge in [-0.25, -0.2) is 13.2 Å². The van der Waals surface area contributed by atoms with Gasteiger partial charge in [-0.05, 0) is 30.5 Å². The first-order valence-electron chi connectivity index (χ1n) is 4.18. The monoisotopic (exact) mass is 186 g/mol. The van der Waals surface area contributed by atoms with Crippen LogP contribution in [0.3, 0.4) is 0 Å². The number of aryl methyl sites for hydroxylation is 2. The molecule has 1 aliphatic carbocycles. The van der Waals surface area contributed by atoms with Gasteiger partial charge < -0.3 is 0 Å². The molecule has 3 heteroatoms. The zero-order valence-electron chi connectivity index (χ0n) is 7.20. The Kier molecular flexibility index (Phi) is 1.65. The average molecular weight is 186 g/mol. The highest BCUT2D eigenvalue weighted by Crippen LogP contribution is 2.43. The Morgan fingerprint density at radius 1 is 1.31 bits per heavy atom. The van der Waals surface area contributed by atoms with Crippen molar-refractivity contribution in [2.45, 2.75) is 25.7 Å². The maximum atomic E-state index is 13.2. The zero-order chi connectivity index (χ0) is 9.64. The number of hydrogen-bond donors (Lipinski definition) is 0. The normalized spacial score (nSPS) is 18.8. The Morgan fingerprint density at radius 3 is 2.69 bits per heavy atom. The van der Waals surface area contributed by atoms with Crippen molar-refractivity contribution in [3.05, 3.63) is 34.6 Å². The van der Waals surface area contributed by atoms with Crippen LogP contribution in [-0.2, 0) is 12.3 Å². The van der Waals surface area contributed by atoms with Gasteiger partial charge in [-0.3, -0.25) is 0 Å². The van der Waals surface area contributed by atoms with E-state index in [0.29, 0.717) is 11.1 Å². The lowest BCUT2D eigenvalue weighted by molar-refractivity contribution is -0.00498. The molecule has 0 atom stereocenters. The third kappa shape index (κ3) is 1.23. The molecule has 0 saturated heterocycles. The number of fused-ring (bicyclic) bond motifs is 1. The number of halogens is 3. The van der Waals surface area contributed by atoms with E-state index < -0.39 is 17.3 Å². The fourth-order valence-electron chi connectivity index (χ4n) is 1.84. The molecule has 0 fully saturated rings. The minimum Gasteiger partial charge on any atom is -0.206 e. The number of hydrogen-bond acceptors (Lipinski definition) is 0. The Bertz CT molecular complexity index is 355. The summed E-state index contributed by atoms with van der Waals surface area (Å²) in [5.41, 5.74) is 0.773. The highest BCUT2D eigenvalue weighted by Gasteiger charge is 2.41. The molecule has 0 unspecified atom stereocenters. The Morgan fingerprint density at radius 2 is 2.00 bits per heavy atom. The van der Waals surface area contributed by atoms with Crippen molar-refractivity contribution in [3.8, 4) is 0 Å². The lowest BCUT2D eigenvalue weighted by Gasteiger charge is -2.10. The number of rotatable bonds is 0. The van der Waals surface area contributed by atoms with Crippen LogP contribution in [0.25, 0.3) is 0 Å². The molecule has 0 aliphatic heterocycles. The molecule has 1 aliphatic rings. The van der Waals surface area contributed by atoms with Crippen LogP contribution >= 0.6 is 0 Å². The second-order valence-electron chi connectivity index (χ2n) is 3.49. The summed E-state index contributed by atoms with van der Waals surface area (Å²) < 4.78 is 39.3. The highest BCUT2D eigenvalue weighted by atomic mass is 19.3. The van der Waals surface area contributed by atoms with Crippen molar-refractivity contribution in [2.75, 3.05) is 0 Å². The summed E-state index contributed by atoms with van der Waals surface area (Å²) in [6.07, 6.45) is 0.0175. The maximum absolute atomic E-state index is 13.2. The van der Waals surface area contributed by atoms with E-state index >= 15 is 0 Å². The average Bonchev–Trinajstić information content (AvgIpc) is 2.26. The predicted molar refractivity (Wildman–Crippen MR) is 43.4 cm³/mol. The summed E-state index contributed by atoms with van der Waals surface area (Å²) >= 11 is 0. The molecule has 0 bridgehead atoms. The van der Waals surface area contributed by atoms with Gasteiger partial charge in [0.25, 0.3) is 5.92 Å². The van der Waals surface area contributed by atoms with Crippen LogP contribution < -0.4 is 0 Å². The van der Waals surface area contributed by atoms with Crippen molar-refractivity contribution in [1.29, 1.82) is 0 Å². The van der Waals surface area contributed by atoms with Crippen LogP contribution in [0.15, 0.2) is 12.1 Å². The second kappa shape index (κ2) is 2.50. The molecule has 0 heterocycles. The van der Waals surface area contributed by atoms with Crippen LogP contribution in [0.1, 0.15) is 23.1 Å². The molecule has 1 aromatic carbocycles. The van der Waals surface area contributed by atoms with Crippen molar-refractivity contribution in [1.82, 2.24) is 0 Å². The van der Waals surface area contributed by atoms with Gasteiger partial charge in [0.05, 0.1) is 5.56 Å². The first-order valence-corrected chi connectivity index (χ1v) is 4.18. The molecule has 1 aromatic rings. The van der Waals surface area contributed by atoms with Gasteiger partial charge in [-0.2, -0.15) is 0 Å². The van der Waals surface area contributed by atoms with E-state index in [-0.39, 0.29) is 12.8 Å². The molecule has 0 amide bonds. The van der Waals surface area contributed by atoms with Gasteiger partial charge >= 0.3 is 0 Å². The smallest absolute Gasteiger partial charge is 0.206 e. The van der Waals surface area contributed by atoms with Crippen LogP contribution in [-0.4, -0.2) is 0 Å². The zero-order valence-corrected chi connectivity index (χ0v) is 7.20. The van der Waals surface area contributed by atoms with Crippen LogP contribution in [0.4, 0.5) is 13.2 Å². The van der Waals surface area contributed by atoms with E-state index in [1.165, 1.54) is 0 Å². The summed E-state index contributed by atoms with van der Waals surface area (Å²) in [6.45, 7) is 1.71. The first kappa shape index (κ1) is 8.60. The number of alkyl halides is 2. The van der Waals surface area contributed by atoms with Gasteiger partial charge in [0, 0.05) is 6.42 Å². The standard InChI is InChI=1S/C10H9F3/c1-6-4-7-2-3-10(12,13)9(7)8(11)5-6/h4-5H,2-3H2,1H3. The van der Waals surface area contributed by atoms with Crippen molar-refractivity contribution >= 4 is 0 Å². The molecule has 0 aromatic heterocycles. The molecule has 70 valence electrons.